The van der Waals surface area contributed by atoms with Crippen molar-refractivity contribution in [2.75, 3.05) is 23.4 Å². The molecule has 0 spiro atoms. The molecule has 2 aromatic heterocycles. The smallest absolute Gasteiger partial charge is 0.247 e. The zero-order valence-electron chi connectivity index (χ0n) is 21.0. The number of aliphatic hydroxyl groups excluding tert-OH is 1. The quantitative estimate of drug-likeness (QED) is 0.506. The van der Waals surface area contributed by atoms with Gasteiger partial charge in [0.15, 0.2) is 0 Å². The van der Waals surface area contributed by atoms with Crippen LogP contribution in [0.3, 0.4) is 0 Å². The van der Waals surface area contributed by atoms with Crippen LogP contribution in [0.1, 0.15) is 31.9 Å². The molecule has 0 unspecified atom stereocenters. The van der Waals surface area contributed by atoms with Crippen molar-refractivity contribution in [1.82, 2.24) is 14.8 Å². The van der Waals surface area contributed by atoms with E-state index >= 15 is 4.39 Å². The Balaban J connectivity index is 1.65. The van der Waals surface area contributed by atoms with E-state index in [1.165, 1.54) is 17.9 Å². The number of rotatable bonds is 5. The Bertz CT molecular complexity index is 1560. The van der Waals surface area contributed by atoms with Crippen LogP contribution >= 0.6 is 0 Å². The first-order valence-electron chi connectivity index (χ1n) is 12.2. The van der Waals surface area contributed by atoms with Gasteiger partial charge in [0.2, 0.25) is 11.8 Å². The topological polar surface area (TPSA) is 124 Å². The number of halogens is 1. The van der Waals surface area contributed by atoms with Crippen molar-refractivity contribution in [2.45, 2.75) is 26.2 Å². The fourth-order valence-corrected chi connectivity index (χ4v) is 5.02. The number of aryl methyl sites for hydroxylation is 1. The van der Waals surface area contributed by atoms with Gasteiger partial charge in [-0.15, -0.1) is 0 Å². The second kappa shape index (κ2) is 9.73. The normalized spacial score (nSPS) is 18.6. The number of hydrogen-bond acceptors (Lipinski definition) is 6. The molecule has 0 bridgehead atoms. The van der Waals surface area contributed by atoms with Gasteiger partial charge in [-0.2, -0.15) is 10.4 Å². The third-order valence-electron chi connectivity index (χ3n) is 6.94. The van der Waals surface area contributed by atoms with Crippen molar-refractivity contribution >= 4 is 23.2 Å². The molecule has 3 aromatic rings. The second-order valence-electron chi connectivity index (χ2n) is 9.58. The minimum Gasteiger partial charge on any atom is -0.384 e. The van der Waals surface area contributed by atoms with E-state index in [0.29, 0.717) is 29.8 Å². The molecule has 1 aliphatic carbocycles. The largest absolute Gasteiger partial charge is 0.384 e. The Labute approximate surface area is 218 Å². The molecular formula is C28H25FN6O3. The van der Waals surface area contributed by atoms with Crippen molar-refractivity contribution in [1.29, 1.82) is 5.26 Å². The summed E-state index contributed by atoms with van der Waals surface area (Å²) < 4.78 is 17.4. The highest BCUT2D eigenvalue weighted by Crippen LogP contribution is 2.52. The van der Waals surface area contributed by atoms with Crippen LogP contribution in [0.15, 0.2) is 36.7 Å². The summed E-state index contributed by atoms with van der Waals surface area (Å²) in [6.07, 6.45) is 5.42. The maximum Gasteiger partial charge on any atom is 0.247 e. The van der Waals surface area contributed by atoms with Crippen molar-refractivity contribution < 1.29 is 19.1 Å². The molecule has 3 heterocycles. The molecule has 1 saturated heterocycles. The standard InChI is InChI=1S/C28H25FN6O3/c1-17(37)32-24-11-18(19-14-31-34(2)15-19)10-23(29)26(24)25-13-22(12-21(33-25)4-3-9-36)35-8-7-28(16-30,27(35)38)20-5-6-20/h10-15,20,36H,5-9H2,1-2H3,(H,32,37)/t28-/m1/s1. The van der Waals surface area contributed by atoms with Crippen LogP contribution in [-0.4, -0.2) is 44.8 Å². The Hall–Kier alpha value is -4.54. The van der Waals surface area contributed by atoms with Crippen LogP contribution in [0.5, 0.6) is 0 Å². The molecule has 2 fully saturated rings. The number of aliphatic hydroxyl groups is 1. The van der Waals surface area contributed by atoms with E-state index in [1.54, 1.807) is 42.3 Å². The SMILES string of the molecule is CC(=O)Nc1cc(-c2cnn(C)c2)cc(F)c1-c1cc(N2CC[C@@](C#N)(C3CC3)C2=O)cc(C#CCO)n1. The van der Waals surface area contributed by atoms with Gasteiger partial charge in [0.25, 0.3) is 0 Å². The Morgan fingerprint density at radius 3 is 2.71 bits per heavy atom. The van der Waals surface area contributed by atoms with E-state index in [-0.39, 0.29) is 34.5 Å². The van der Waals surface area contributed by atoms with Gasteiger partial charge in [0, 0.05) is 38.0 Å². The molecule has 2 N–H and O–H groups in total. The van der Waals surface area contributed by atoms with E-state index in [1.807, 2.05) is 0 Å². The van der Waals surface area contributed by atoms with Gasteiger partial charge in [0.05, 0.1) is 29.2 Å². The minimum absolute atomic E-state index is 0.0297. The minimum atomic E-state index is -1.06. The summed E-state index contributed by atoms with van der Waals surface area (Å²) >= 11 is 0. The molecule has 5 rings (SSSR count). The number of nitrogens with zero attached hydrogens (tertiary/aromatic N) is 5. The molecule has 10 heteroatoms. The van der Waals surface area contributed by atoms with E-state index in [0.717, 1.165) is 12.8 Å². The summed E-state index contributed by atoms with van der Waals surface area (Å²) in [6, 6.07) is 8.39. The number of hydrogen-bond donors (Lipinski definition) is 2. The van der Waals surface area contributed by atoms with E-state index in [9.17, 15) is 20.0 Å². The molecule has 192 valence electrons. The number of carbonyl (C=O) groups excluding carboxylic acids is 2. The number of nitriles is 1. The van der Waals surface area contributed by atoms with Crippen molar-refractivity contribution in [3.8, 4) is 40.3 Å². The lowest BCUT2D eigenvalue weighted by atomic mass is 9.83. The highest BCUT2D eigenvalue weighted by atomic mass is 19.1. The molecule has 1 saturated carbocycles. The van der Waals surface area contributed by atoms with E-state index in [4.69, 9.17) is 0 Å². The summed E-state index contributed by atoms with van der Waals surface area (Å²) in [7, 11) is 1.75. The number of pyridine rings is 1. The van der Waals surface area contributed by atoms with Gasteiger partial charge in [-0.1, -0.05) is 5.92 Å². The maximum atomic E-state index is 15.8. The molecular weight excluding hydrogens is 487 g/mol. The van der Waals surface area contributed by atoms with Crippen LogP contribution in [-0.2, 0) is 16.6 Å². The van der Waals surface area contributed by atoms with Gasteiger partial charge < -0.3 is 15.3 Å². The van der Waals surface area contributed by atoms with Crippen LogP contribution in [0.25, 0.3) is 22.4 Å². The number of benzene rings is 1. The fraction of sp³-hybridized carbons (Fsp3) is 0.321. The van der Waals surface area contributed by atoms with Gasteiger partial charge in [-0.05, 0) is 60.9 Å². The molecule has 1 aromatic carbocycles. The zero-order valence-corrected chi connectivity index (χ0v) is 21.0. The monoisotopic (exact) mass is 512 g/mol. The molecule has 1 aliphatic heterocycles. The van der Waals surface area contributed by atoms with E-state index < -0.39 is 23.7 Å². The van der Waals surface area contributed by atoms with Crippen LogP contribution < -0.4 is 10.2 Å². The van der Waals surface area contributed by atoms with Gasteiger partial charge >= 0.3 is 0 Å². The Morgan fingerprint density at radius 1 is 1.29 bits per heavy atom. The number of nitrogens with one attached hydrogen (secondary N) is 1. The van der Waals surface area contributed by atoms with Gasteiger partial charge in [-0.25, -0.2) is 9.37 Å². The molecule has 0 radical (unpaired) electrons. The molecule has 2 aliphatic rings. The summed E-state index contributed by atoms with van der Waals surface area (Å²) in [5.74, 6) is 4.00. The van der Waals surface area contributed by atoms with Crippen molar-refractivity contribution in [3.05, 3.63) is 48.2 Å². The average molecular weight is 513 g/mol. The Morgan fingerprint density at radius 2 is 2.08 bits per heavy atom. The predicted octanol–water partition coefficient (Wildman–Crippen LogP) is 3.25. The third-order valence-corrected chi connectivity index (χ3v) is 6.94. The zero-order chi connectivity index (χ0) is 27.0. The first-order valence-corrected chi connectivity index (χ1v) is 12.2. The number of carbonyl (C=O) groups is 2. The molecule has 38 heavy (non-hydrogen) atoms. The lowest BCUT2D eigenvalue weighted by molar-refractivity contribution is -0.123. The molecule has 2 amide bonds. The summed E-state index contributed by atoms with van der Waals surface area (Å²) in [4.78, 5) is 31.5. The first kappa shape index (κ1) is 25.1. The summed E-state index contributed by atoms with van der Waals surface area (Å²) in [6.45, 7) is 1.25. The highest BCUT2D eigenvalue weighted by Gasteiger charge is 2.56. The van der Waals surface area contributed by atoms with Gasteiger partial charge in [0.1, 0.15) is 23.5 Å². The van der Waals surface area contributed by atoms with Crippen LogP contribution in [0, 0.1) is 40.3 Å². The number of anilines is 2. The lowest BCUT2D eigenvalue weighted by Gasteiger charge is -2.22. The highest BCUT2D eigenvalue weighted by molar-refractivity contribution is 6.03. The average Bonchev–Trinajstić information content (AvgIpc) is 3.55. The third kappa shape index (κ3) is 4.51. The van der Waals surface area contributed by atoms with Crippen LogP contribution in [0.2, 0.25) is 0 Å². The number of aromatic nitrogens is 3. The van der Waals surface area contributed by atoms with E-state index in [2.05, 4.69) is 33.3 Å². The first-order chi connectivity index (χ1) is 18.3. The fourth-order valence-electron chi connectivity index (χ4n) is 5.02. The second-order valence-corrected chi connectivity index (χ2v) is 9.58. The molecule has 1 atom stereocenters. The molecule has 9 nitrogen and oxygen atoms in total. The summed E-state index contributed by atoms with van der Waals surface area (Å²) in [5, 5.41) is 25.9. The predicted molar refractivity (Wildman–Crippen MR) is 138 cm³/mol. The van der Waals surface area contributed by atoms with Crippen molar-refractivity contribution in [2.24, 2.45) is 18.4 Å². The number of amides is 2. The Kier molecular flexibility index (Phi) is 6.43. The van der Waals surface area contributed by atoms with Crippen LogP contribution in [0.4, 0.5) is 15.8 Å². The lowest BCUT2D eigenvalue weighted by Crippen LogP contribution is -2.35. The summed E-state index contributed by atoms with van der Waals surface area (Å²) in [5.41, 5.74) is 1.13. The van der Waals surface area contributed by atoms with Gasteiger partial charge in [-0.3, -0.25) is 14.3 Å². The maximum absolute atomic E-state index is 15.8. The van der Waals surface area contributed by atoms with Crippen molar-refractivity contribution in [3.63, 3.8) is 0 Å².